The number of carboxylic acid groups (broad SMARTS) is 1. The second kappa shape index (κ2) is 8.98. The van der Waals surface area contributed by atoms with E-state index in [-0.39, 0.29) is 11.6 Å². The number of nitrogens with one attached hydrogen (secondary N) is 1. The quantitative estimate of drug-likeness (QED) is 0.260. The Morgan fingerprint density at radius 1 is 1.18 bits per heavy atom. The predicted octanol–water partition coefficient (Wildman–Crippen LogP) is 3.67. The summed E-state index contributed by atoms with van der Waals surface area (Å²) < 4.78 is 37.2. The summed E-state index contributed by atoms with van der Waals surface area (Å²) in [4.78, 5) is 25.6. The van der Waals surface area contributed by atoms with Crippen LogP contribution >= 0.6 is 0 Å². The van der Waals surface area contributed by atoms with Gasteiger partial charge in [0.1, 0.15) is 0 Å². The van der Waals surface area contributed by atoms with E-state index in [1.165, 1.54) is 0 Å². The van der Waals surface area contributed by atoms with Crippen LogP contribution in [0.15, 0.2) is 41.3 Å². The Kier molecular flexibility index (Phi) is 6.33. The number of H-pyrrole nitrogens is 1. The van der Waals surface area contributed by atoms with Crippen LogP contribution in [0.4, 0.5) is 24.7 Å². The van der Waals surface area contributed by atoms with Gasteiger partial charge in [-0.25, -0.2) is 4.79 Å². The summed E-state index contributed by atoms with van der Waals surface area (Å²) in [7, 11) is 0. The Hall–Kier alpha value is -4.42. The van der Waals surface area contributed by atoms with E-state index in [2.05, 4.69) is 20.3 Å². The summed E-state index contributed by atoms with van der Waals surface area (Å²) in [6.45, 7) is 1.79. The molecular weight excluding hydrogens is 445 g/mol. The zero-order valence-corrected chi connectivity index (χ0v) is 17.0. The number of ketones is 1. The molecule has 172 valence electrons. The molecule has 0 radical (unpaired) electrons. The zero-order valence-electron chi connectivity index (χ0n) is 17.0. The maximum absolute atomic E-state index is 12.1. The number of nitrogens with two attached hydrogens (primary N) is 2. The Balaban J connectivity index is 0.000000383. The molecular formula is C20H17F3N6O4. The van der Waals surface area contributed by atoms with Gasteiger partial charge in [0.25, 0.3) is 0 Å². The number of pyridine rings is 1. The van der Waals surface area contributed by atoms with Gasteiger partial charge in [0.05, 0.1) is 17.3 Å². The number of benzene rings is 1. The molecule has 0 unspecified atom stereocenters. The van der Waals surface area contributed by atoms with Gasteiger partial charge in [0, 0.05) is 46.8 Å². The molecule has 0 fully saturated rings. The number of nitrogens with zero attached hydrogens (tertiary/aromatic N) is 3. The number of Topliss-reactive ketones (excluding diaryl/α,β-unsaturated/α-hetero) is 1. The largest absolute Gasteiger partial charge is 0.490 e. The molecule has 0 aliphatic rings. The SMILES string of the molecule is CCC(=O)c1cc(-c2ncc(-c3cn[nH]c3)c3onc(N)c23)ccc1N.O=C(O)C(F)(F)F. The molecule has 33 heavy (non-hydrogen) atoms. The number of carboxylic acids is 1. The summed E-state index contributed by atoms with van der Waals surface area (Å²) in [5, 5.41) is 18.3. The number of hydrogen-bond donors (Lipinski definition) is 4. The topological polar surface area (TPSA) is 174 Å². The van der Waals surface area contributed by atoms with Crippen LogP contribution in [0.2, 0.25) is 0 Å². The van der Waals surface area contributed by atoms with Crippen molar-refractivity contribution < 1.29 is 32.4 Å². The van der Waals surface area contributed by atoms with E-state index in [4.69, 9.17) is 25.9 Å². The molecule has 3 aromatic heterocycles. The van der Waals surface area contributed by atoms with Crippen molar-refractivity contribution in [2.24, 2.45) is 0 Å². The summed E-state index contributed by atoms with van der Waals surface area (Å²) in [6.07, 6.45) is 0.349. The van der Waals surface area contributed by atoms with Crippen molar-refractivity contribution >= 4 is 34.2 Å². The van der Waals surface area contributed by atoms with Crippen LogP contribution < -0.4 is 11.5 Å². The standard InChI is InChI=1S/C18H16N6O2.C2HF3O2/c1-2-14(25)11-5-9(3-4-13(11)19)16-15-17(26-24-18(15)20)12(8-21-16)10-6-22-23-7-10;3-2(4,5)1(6)7/h3-8H,2,19H2,1H3,(H2,20,24)(H,22,23);(H,6,7). The van der Waals surface area contributed by atoms with Crippen molar-refractivity contribution in [2.45, 2.75) is 19.5 Å². The number of fused-ring (bicyclic) bond motifs is 1. The van der Waals surface area contributed by atoms with Crippen LogP contribution in [0.1, 0.15) is 23.7 Å². The normalized spacial score (nSPS) is 11.2. The highest BCUT2D eigenvalue weighted by atomic mass is 19.4. The van der Waals surface area contributed by atoms with Crippen molar-refractivity contribution in [3.05, 3.63) is 42.4 Å². The van der Waals surface area contributed by atoms with Crippen LogP contribution in [-0.4, -0.2) is 43.4 Å². The Morgan fingerprint density at radius 3 is 2.45 bits per heavy atom. The number of halogens is 3. The Morgan fingerprint density at radius 2 is 1.88 bits per heavy atom. The predicted molar refractivity (Wildman–Crippen MR) is 112 cm³/mol. The fourth-order valence-corrected chi connectivity index (χ4v) is 2.93. The van der Waals surface area contributed by atoms with Gasteiger partial charge in [-0.3, -0.25) is 14.9 Å². The van der Waals surface area contributed by atoms with Gasteiger partial charge in [-0.1, -0.05) is 18.1 Å². The summed E-state index contributed by atoms with van der Waals surface area (Å²) >= 11 is 0. The molecule has 0 amide bonds. The van der Waals surface area contributed by atoms with Gasteiger partial charge in [-0.05, 0) is 12.1 Å². The van der Waals surface area contributed by atoms with Crippen LogP contribution in [0.5, 0.6) is 0 Å². The number of aromatic amines is 1. The molecule has 0 saturated heterocycles. The summed E-state index contributed by atoms with van der Waals surface area (Å²) in [5.74, 6) is -2.56. The first-order chi connectivity index (χ1) is 15.5. The molecule has 4 aromatic rings. The third-order valence-corrected chi connectivity index (χ3v) is 4.52. The number of nitrogen functional groups attached to an aromatic ring is 2. The smallest absolute Gasteiger partial charge is 0.475 e. The lowest BCUT2D eigenvalue weighted by Crippen LogP contribution is -2.21. The van der Waals surface area contributed by atoms with Gasteiger partial charge < -0.3 is 21.1 Å². The molecule has 1 aromatic carbocycles. The molecule has 0 spiro atoms. The van der Waals surface area contributed by atoms with Crippen LogP contribution in [0.3, 0.4) is 0 Å². The summed E-state index contributed by atoms with van der Waals surface area (Å²) in [5.41, 5.74) is 16.2. The Bertz CT molecular complexity index is 1320. The molecule has 0 bridgehead atoms. The van der Waals surface area contributed by atoms with Crippen molar-refractivity contribution in [3.63, 3.8) is 0 Å². The number of carbonyl (C=O) groups is 2. The van der Waals surface area contributed by atoms with Crippen molar-refractivity contribution in [1.29, 1.82) is 0 Å². The Labute approximate surface area is 183 Å². The first-order valence-corrected chi connectivity index (χ1v) is 9.30. The second-order valence-corrected chi connectivity index (χ2v) is 6.66. The van der Waals surface area contributed by atoms with E-state index in [0.29, 0.717) is 34.3 Å². The lowest BCUT2D eigenvalue weighted by molar-refractivity contribution is -0.192. The van der Waals surface area contributed by atoms with E-state index < -0.39 is 12.1 Å². The third-order valence-electron chi connectivity index (χ3n) is 4.52. The van der Waals surface area contributed by atoms with Gasteiger partial charge >= 0.3 is 12.1 Å². The lowest BCUT2D eigenvalue weighted by atomic mass is 9.99. The average Bonchev–Trinajstić information content (AvgIpc) is 3.43. The molecule has 0 atom stereocenters. The van der Waals surface area contributed by atoms with E-state index in [1.54, 1.807) is 43.7 Å². The number of aromatic nitrogens is 4. The highest BCUT2D eigenvalue weighted by Gasteiger charge is 2.38. The number of rotatable bonds is 4. The van der Waals surface area contributed by atoms with Crippen LogP contribution in [0.25, 0.3) is 33.4 Å². The molecule has 0 aliphatic heterocycles. The number of aliphatic carboxylic acids is 1. The van der Waals surface area contributed by atoms with E-state index >= 15 is 0 Å². The first-order valence-electron chi connectivity index (χ1n) is 9.30. The number of anilines is 2. The maximum Gasteiger partial charge on any atom is 0.490 e. The molecule has 10 nitrogen and oxygen atoms in total. The van der Waals surface area contributed by atoms with E-state index in [0.717, 1.165) is 16.7 Å². The minimum atomic E-state index is -5.08. The van der Waals surface area contributed by atoms with Crippen molar-refractivity contribution in [1.82, 2.24) is 20.3 Å². The fourth-order valence-electron chi connectivity index (χ4n) is 2.93. The third kappa shape index (κ3) is 4.76. The highest BCUT2D eigenvalue weighted by Crippen LogP contribution is 2.37. The monoisotopic (exact) mass is 462 g/mol. The van der Waals surface area contributed by atoms with Gasteiger partial charge in [-0.2, -0.15) is 18.3 Å². The fraction of sp³-hybridized carbons (Fsp3) is 0.150. The lowest BCUT2D eigenvalue weighted by Gasteiger charge is -2.09. The molecule has 4 rings (SSSR count). The van der Waals surface area contributed by atoms with Crippen LogP contribution in [-0.2, 0) is 4.79 Å². The maximum atomic E-state index is 12.1. The summed E-state index contributed by atoms with van der Waals surface area (Å²) in [6, 6.07) is 5.22. The first kappa shape index (κ1) is 23.2. The van der Waals surface area contributed by atoms with Gasteiger partial charge in [0.15, 0.2) is 17.2 Å². The molecule has 13 heteroatoms. The zero-order chi connectivity index (χ0) is 24.3. The number of carbonyl (C=O) groups excluding carboxylic acids is 1. The molecule has 6 N–H and O–H groups in total. The van der Waals surface area contributed by atoms with Crippen molar-refractivity contribution in [2.75, 3.05) is 11.5 Å². The second-order valence-electron chi connectivity index (χ2n) is 6.66. The van der Waals surface area contributed by atoms with Gasteiger partial charge in [0.2, 0.25) is 0 Å². The molecule has 0 aliphatic carbocycles. The minimum absolute atomic E-state index is 0.0334. The average molecular weight is 462 g/mol. The highest BCUT2D eigenvalue weighted by molar-refractivity contribution is 6.06. The van der Waals surface area contributed by atoms with Gasteiger partial charge in [-0.15, -0.1) is 0 Å². The molecule has 0 saturated carbocycles. The van der Waals surface area contributed by atoms with E-state index in [1.807, 2.05) is 0 Å². The van der Waals surface area contributed by atoms with Crippen LogP contribution in [0, 0.1) is 0 Å². The minimum Gasteiger partial charge on any atom is -0.475 e. The van der Waals surface area contributed by atoms with E-state index in [9.17, 15) is 18.0 Å². The van der Waals surface area contributed by atoms with Crippen molar-refractivity contribution in [3.8, 4) is 22.4 Å². The molecule has 3 heterocycles. The number of hydrogen-bond acceptors (Lipinski definition) is 8. The number of alkyl halides is 3.